The number of nitrogens with one attached hydrogen (secondary N) is 5. The van der Waals surface area contributed by atoms with E-state index >= 15 is 0 Å². The van der Waals surface area contributed by atoms with Crippen molar-refractivity contribution in [1.29, 1.82) is 0 Å². The molecule has 298 valence electrons. The zero-order valence-electron chi connectivity index (χ0n) is 29.8. The number of hydrogen-bond donors (Lipinski definition) is 13. The highest BCUT2D eigenvalue weighted by atomic mass is 16.4. The number of aliphatic carboxylic acids is 2. The summed E-state index contributed by atoms with van der Waals surface area (Å²) in [7, 11) is 0. The number of benzene rings is 1. The molecule has 1 aromatic carbocycles. The number of aromatic amines is 1. The van der Waals surface area contributed by atoms with Gasteiger partial charge in [-0.25, -0.2) is 9.78 Å². The molecule has 0 bridgehead atoms. The smallest absolute Gasteiger partial charge is 0.326 e. The highest BCUT2D eigenvalue weighted by Gasteiger charge is 2.32. The molecule has 1 heterocycles. The van der Waals surface area contributed by atoms with Crippen LogP contribution >= 0.6 is 0 Å². The third-order valence-corrected chi connectivity index (χ3v) is 7.21. The molecule has 18 N–H and O–H groups in total. The number of aliphatic hydroxyl groups excluding tert-OH is 1. The molecule has 0 saturated heterocycles. The summed E-state index contributed by atoms with van der Waals surface area (Å²) in [6.07, 6.45) is 3.37. The van der Waals surface area contributed by atoms with Crippen LogP contribution in [0.1, 0.15) is 43.9 Å². The molecule has 2 rings (SSSR count). The van der Waals surface area contributed by atoms with E-state index in [1.54, 1.807) is 30.3 Å². The van der Waals surface area contributed by atoms with Crippen molar-refractivity contribution in [3.63, 3.8) is 0 Å². The van der Waals surface area contributed by atoms with Crippen molar-refractivity contribution in [3.8, 4) is 0 Å². The van der Waals surface area contributed by atoms with Crippen molar-refractivity contribution in [2.75, 3.05) is 19.7 Å². The number of carboxylic acids is 2. The van der Waals surface area contributed by atoms with Gasteiger partial charge in [0, 0.05) is 44.7 Å². The molecule has 1 aromatic heterocycles. The number of guanidine groups is 2. The highest BCUT2D eigenvalue weighted by Crippen LogP contribution is 2.08. The first-order chi connectivity index (χ1) is 25.5. The van der Waals surface area contributed by atoms with Crippen LogP contribution in [0.5, 0.6) is 0 Å². The van der Waals surface area contributed by atoms with Crippen molar-refractivity contribution < 1.29 is 44.1 Å². The molecule has 0 aliphatic heterocycles. The number of carbonyl (C=O) groups excluding carboxylic acids is 4. The average molecular weight is 762 g/mol. The first-order valence-electron chi connectivity index (χ1n) is 16.7. The zero-order chi connectivity index (χ0) is 40.6. The minimum Gasteiger partial charge on any atom is -0.481 e. The minimum atomic E-state index is -1.49. The Bertz CT molecular complexity index is 1540. The Balaban J connectivity index is 0.00000346. The molecule has 0 aliphatic rings. The van der Waals surface area contributed by atoms with Gasteiger partial charge in [0.1, 0.15) is 24.2 Å². The molecule has 54 heavy (non-hydrogen) atoms. The number of aromatic nitrogens is 2. The molecule has 22 nitrogen and oxygen atoms in total. The summed E-state index contributed by atoms with van der Waals surface area (Å²) in [5.41, 5.74) is 28.4. The topological polar surface area (TPSA) is 395 Å². The number of nitrogens with zero attached hydrogens (tertiary/aromatic N) is 3. The second-order valence-electron chi connectivity index (χ2n) is 11.8. The Morgan fingerprint density at radius 2 is 1.24 bits per heavy atom. The van der Waals surface area contributed by atoms with Gasteiger partial charge < -0.3 is 70.2 Å². The molecule has 0 spiro atoms. The van der Waals surface area contributed by atoms with Crippen LogP contribution in [-0.2, 0) is 41.6 Å². The lowest BCUT2D eigenvalue weighted by Gasteiger charge is -2.26. The highest BCUT2D eigenvalue weighted by molar-refractivity contribution is 5.95. The minimum absolute atomic E-state index is 0.0235. The van der Waals surface area contributed by atoms with E-state index in [4.69, 9.17) is 38.6 Å². The van der Waals surface area contributed by atoms with Crippen molar-refractivity contribution >= 4 is 47.5 Å². The lowest BCUT2D eigenvalue weighted by Crippen LogP contribution is -2.59. The van der Waals surface area contributed by atoms with E-state index in [0.29, 0.717) is 17.7 Å². The lowest BCUT2D eigenvalue weighted by atomic mass is 10.0. The molecule has 2 aromatic rings. The van der Waals surface area contributed by atoms with Gasteiger partial charge in [-0.15, -0.1) is 0 Å². The fraction of sp³-hybridized carbons (Fsp3) is 0.469. The number of hydrogen-bond acceptors (Lipinski definition) is 11. The van der Waals surface area contributed by atoms with Crippen LogP contribution in [0.25, 0.3) is 0 Å². The Morgan fingerprint density at radius 1 is 0.741 bits per heavy atom. The van der Waals surface area contributed by atoms with Gasteiger partial charge in [0.15, 0.2) is 11.9 Å². The molecule has 0 unspecified atom stereocenters. The van der Waals surface area contributed by atoms with E-state index in [2.05, 4.69) is 41.2 Å². The van der Waals surface area contributed by atoms with Gasteiger partial charge in [0.05, 0.1) is 19.0 Å². The molecule has 4 amide bonds. The number of rotatable bonds is 22. The summed E-state index contributed by atoms with van der Waals surface area (Å²) < 4.78 is 0. The molecule has 0 radical (unpaired) electrons. The third kappa shape index (κ3) is 19.4. The van der Waals surface area contributed by atoms with Crippen LogP contribution in [0.2, 0.25) is 0 Å². The summed E-state index contributed by atoms with van der Waals surface area (Å²) in [5.74, 6) is -5.71. The molecular weight excluding hydrogens is 710 g/mol. The SMILES string of the molecule is CC(=O)O.NC(N)=NCCC[C@H](NC(=O)[C@H](CO)NC(=O)[C@@H](N)CCCN=C(N)N)C(=O)N[C@@H](Cc1cnc[nH]1)C(=O)N[C@@H](Cc1ccccc1)C(=O)O. The van der Waals surface area contributed by atoms with Crippen molar-refractivity contribution in [3.05, 3.63) is 54.1 Å². The summed E-state index contributed by atoms with van der Waals surface area (Å²) >= 11 is 0. The normalized spacial score (nSPS) is 13.2. The van der Waals surface area contributed by atoms with Gasteiger partial charge in [-0.05, 0) is 31.2 Å². The second-order valence-corrected chi connectivity index (χ2v) is 11.8. The van der Waals surface area contributed by atoms with Crippen LogP contribution in [-0.4, -0.2) is 123 Å². The number of carboxylic acid groups (broad SMARTS) is 2. The number of imidazole rings is 1. The molecule has 5 atom stereocenters. The van der Waals surface area contributed by atoms with E-state index in [-0.39, 0.29) is 57.1 Å². The predicted molar refractivity (Wildman–Crippen MR) is 196 cm³/mol. The van der Waals surface area contributed by atoms with Crippen LogP contribution in [0.4, 0.5) is 0 Å². The average Bonchev–Trinajstić information content (AvgIpc) is 3.62. The van der Waals surface area contributed by atoms with Gasteiger partial charge in [-0.1, -0.05) is 30.3 Å². The summed E-state index contributed by atoms with van der Waals surface area (Å²) in [6, 6.07) is 2.17. The fourth-order valence-electron chi connectivity index (χ4n) is 4.59. The summed E-state index contributed by atoms with van der Waals surface area (Å²) in [6.45, 7) is 0.575. The summed E-state index contributed by atoms with van der Waals surface area (Å²) in [4.78, 5) is 88.5. The van der Waals surface area contributed by atoms with E-state index < -0.39 is 72.4 Å². The molecule has 0 saturated carbocycles. The molecular formula is C32H51N13O9. The van der Waals surface area contributed by atoms with Gasteiger partial charge in [-0.2, -0.15) is 0 Å². The maximum Gasteiger partial charge on any atom is 0.326 e. The molecule has 0 aliphatic carbocycles. The van der Waals surface area contributed by atoms with Gasteiger partial charge in [0.25, 0.3) is 5.97 Å². The number of aliphatic hydroxyl groups is 1. The monoisotopic (exact) mass is 761 g/mol. The standard InChI is InChI=1S/C30H47N13O7.C2H4O2/c31-19(8-4-10-37-29(32)33)24(45)43-23(15-44)27(48)40-20(9-5-11-38-30(34)35)25(46)41-21(13-18-14-36-16-39-18)26(47)42-22(28(49)50)12-17-6-2-1-3-7-17;1-2(3)4/h1-3,6-7,14,16,19-23,44H,4-5,8-13,15,31H2,(H,36,39)(H,40,48)(H,41,46)(H,42,47)(H,43,45)(H,49,50)(H4,32,33,37)(H4,34,35,38);1H3,(H,3,4)/t19-,20-,21-,22-,23-;/m0./s1. The van der Waals surface area contributed by atoms with Gasteiger partial charge in [-0.3, -0.25) is 34.0 Å². The van der Waals surface area contributed by atoms with E-state index in [1.165, 1.54) is 12.5 Å². The van der Waals surface area contributed by atoms with Crippen molar-refractivity contribution in [2.45, 2.75) is 75.7 Å². The lowest BCUT2D eigenvalue weighted by molar-refractivity contribution is -0.142. The maximum atomic E-state index is 13.7. The van der Waals surface area contributed by atoms with Gasteiger partial charge >= 0.3 is 5.97 Å². The van der Waals surface area contributed by atoms with Crippen LogP contribution in [0, 0.1) is 0 Å². The Hall–Kier alpha value is -6.29. The second kappa shape index (κ2) is 24.8. The number of H-pyrrole nitrogens is 1. The quantitative estimate of drug-likeness (QED) is 0.0307. The van der Waals surface area contributed by atoms with Crippen LogP contribution in [0.3, 0.4) is 0 Å². The van der Waals surface area contributed by atoms with Crippen LogP contribution in [0.15, 0.2) is 52.8 Å². The van der Waals surface area contributed by atoms with E-state index in [1.807, 2.05) is 0 Å². The maximum absolute atomic E-state index is 13.7. The predicted octanol–water partition coefficient (Wildman–Crippen LogP) is -4.26. The first kappa shape index (κ1) is 45.7. The van der Waals surface area contributed by atoms with Crippen LogP contribution < -0.4 is 49.9 Å². The molecule has 0 fully saturated rings. The Kier molecular flexibility index (Phi) is 21.0. The van der Waals surface area contributed by atoms with Gasteiger partial charge in [0.2, 0.25) is 23.6 Å². The number of carbonyl (C=O) groups is 6. The zero-order valence-corrected chi connectivity index (χ0v) is 29.8. The Morgan fingerprint density at radius 3 is 1.76 bits per heavy atom. The number of amides is 4. The van der Waals surface area contributed by atoms with Crippen molar-refractivity contribution in [1.82, 2.24) is 31.2 Å². The van der Waals surface area contributed by atoms with E-state index in [9.17, 15) is 34.2 Å². The summed E-state index contributed by atoms with van der Waals surface area (Å²) in [5, 5.41) is 37.1. The third-order valence-electron chi connectivity index (χ3n) is 7.21. The Labute approximate surface area is 310 Å². The molecule has 22 heteroatoms. The number of aliphatic imine (C=N–C) groups is 2. The van der Waals surface area contributed by atoms with Crippen molar-refractivity contribution in [2.24, 2.45) is 38.7 Å². The van der Waals surface area contributed by atoms with E-state index in [0.717, 1.165) is 6.92 Å². The largest absolute Gasteiger partial charge is 0.481 e. The fourth-order valence-corrected chi connectivity index (χ4v) is 4.59. The number of nitrogens with two attached hydrogens (primary N) is 5. The first-order valence-corrected chi connectivity index (χ1v) is 16.7.